The Hall–Kier alpha value is -1.92. The van der Waals surface area contributed by atoms with Gasteiger partial charge in [-0.3, -0.25) is 0 Å². The zero-order valence-corrected chi connectivity index (χ0v) is 15.5. The molecule has 1 atom stereocenters. The molecule has 2 N–H and O–H groups in total. The van der Waals surface area contributed by atoms with Crippen LogP contribution in [-0.4, -0.2) is 31.6 Å². The van der Waals surface area contributed by atoms with Crippen LogP contribution in [0.4, 0.5) is 14.9 Å². The average Bonchev–Trinajstić information content (AvgIpc) is 2.51. The van der Waals surface area contributed by atoms with Gasteiger partial charge in [0.2, 0.25) is 0 Å². The first kappa shape index (κ1) is 18.4. The maximum Gasteiger partial charge on any atom is 0.319 e. The van der Waals surface area contributed by atoms with E-state index in [0.717, 1.165) is 21.3 Å². The van der Waals surface area contributed by atoms with Crippen molar-refractivity contribution < 1.29 is 9.18 Å². The quantitative estimate of drug-likeness (QED) is 0.794. The third-order valence-electron chi connectivity index (χ3n) is 3.73. The van der Waals surface area contributed by atoms with E-state index in [9.17, 15) is 9.18 Å². The number of anilines is 1. The van der Waals surface area contributed by atoms with Gasteiger partial charge in [-0.25, -0.2) is 9.18 Å². The van der Waals surface area contributed by atoms with E-state index in [4.69, 9.17) is 0 Å². The highest BCUT2D eigenvalue weighted by Crippen LogP contribution is 2.20. The minimum Gasteiger partial charge on any atom is -0.336 e. The van der Waals surface area contributed by atoms with Crippen molar-refractivity contribution in [3.63, 3.8) is 0 Å². The van der Waals surface area contributed by atoms with Crippen LogP contribution < -0.4 is 10.6 Å². The van der Waals surface area contributed by atoms with Crippen molar-refractivity contribution in [2.24, 2.45) is 0 Å². The number of nitrogens with one attached hydrogen (secondary N) is 2. The number of aryl methyl sites for hydroxylation is 1. The predicted molar refractivity (Wildman–Crippen MR) is 98.7 cm³/mol. The van der Waals surface area contributed by atoms with Crippen LogP contribution in [0.25, 0.3) is 0 Å². The smallest absolute Gasteiger partial charge is 0.319 e. The molecule has 128 valence electrons. The lowest BCUT2D eigenvalue weighted by molar-refractivity contribution is 0.243. The van der Waals surface area contributed by atoms with Crippen LogP contribution in [0.1, 0.15) is 17.2 Å². The highest BCUT2D eigenvalue weighted by Gasteiger charge is 2.16. The molecule has 0 heterocycles. The van der Waals surface area contributed by atoms with Gasteiger partial charge in [-0.1, -0.05) is 28.1 Å². The first-order valence-corrected chi connectivity index (χ1v) is 8.39. The molecule has 1 unspecified atom stereocenters. The molecule has 2 rings (SSSR count). The summed E-state index contributed by atoms with van der Waals surface area (Å²) in [5.41, 5.74) is 2.58. The molecule has 6 heteroatoms. The van der Waals surface area contributed by atoms with Gasteiger partial charge in [0, 0.05) is 16.7 Å². The summed E-state index contributed by atoms with van der Waals surface area (Å²) in [6.45, 7) is 2.33. The normalized spacial score (nSPS) is 12.1. The number of urea groups is 1. The monoisotopic (exact) mass is 393 g/mol. The molecule has 2 aromatic carbocycles. The molecule has 2 aromatic rings. The van der Waals surface area contributed by atoms with Gasteiger partial charge in [0.1, 0.15) is 5.82 Å². The summed E-state index contributed by atoms with van der Waals surface area (Å²) in [5.74, 6) is -0.283. The van der Waals surface area contributed by atoms with Gasteiger partial charge in [-0.2, -0.15) is 0 Å². The number of amides is 2. The number of nitrogens with zero attached hydrogens (tertiary/aromatic N) is 1. The summed E-state index contributed by atoms with van der Waals surface area (Å²) in [6, 6.07) is 11.6. The Balaban J connectivity index is 1.98. The number of rotatable bonds is 5. The molecule has 0 aliphatic carbocycles. The lowest BCUT2D eigenvalue weighted by Crippen LogP contribution is -2.36. The van der Waals surface area contributed by atoms with Gasteiger partial charge < -0.3 is 15.5 Å². The number of carbonyl (C=O) groups is 1. The lowest BCUT2D eigenvalue weighted by atomic mass is 10.1. The van der Waals surface area contributed by atoms with Crippen LogP contribution in [0.3, 0.4) is 0 Å². The van der Waals surface area contributed by atoms with E-state index in [2.05, 4.69) is 26.6 Å². The standard InChI is InChI=1S/C18H21BrFN3O/c1-12-9-15(7-8-16(12)19)22-18(24)21-11-17(23(2)3)13-5-4-6-14(20)10-13/h4-10,17H,11H2,1-3H3,(H2,21,22,24). The minimum atomic E-state index is -0.292. The molecule has 0 aromatic heterocycles. The van der Waals surface area contributed by atoms with Crippen molar-refractivity contribution in [2.75, 3.05) is 26.0 Å². The Morgan fingerprint density at radius 1 is 1.25 bits per heavy atom. The number of benzene rings is 2. The van der Waals surface area contributed by atoms with Gasteiger partial charge in [0.15, 0.2) is 0 Å². The van der Waals surface area contributed by atoms with Crippen LogP contribution in [-0.2, 0) is 0 Å². The Bertz CT molecular complexity index is 721. The van der Waals surface area contributed by atoms with Crippen LogP contribution in [0, 0.1) is 12.7 Å². The molecular formula is C18H21BrFN3O. The summed E-state index contributed by atoms with van der Waals surface area (Å²) in [6.07, 6.45) is 0. The number of likely N-dealkylation sites (N-methyl/N-ethyl adjacent to an activating group) is 1. The fourth-order valence-electron chi connectivity index (χ4n) is 2.40. The van der Waals surface area contributed by atoms with Crippen molar-refractivity contribution >= 4 is 27.6 Å². The first-order chi connectivity index (χ1) is 11.4. The summed E-state index contributed by atoms with van der Waals surface area (Å²) in [4.78, 5) is 14.1. The van der Waals surface area contributed by atoms with Crippen molar-refractivity contribution in [2.45, 2.75) is 13.0 Å². The van der Waals surface area contributed by atoms with Crippen molar-refractivity contribution in [1.29, 1.82) is 0 Å². The van der Waals surface area contributed by atoms with Gasteiger partial charge in [-0.15, -0.1) is 0 Å². The molecule has 0 aliphatic rings. The summed E-state index contributed by atoms with van der Waals surface area (Å²) < 4.78 is 14.4. The van der Waals surface area contributed by atoms with Crippen LogP contribution in [0.15, 0.2) is 46.9 Å². The first-order valence-electron chi connectivity index (χ1n) is 7.59. The van der Waals surface area contributed by atoms with E-state index in [1.165, 1.54) is 12.1 Å². The van der Waals surface area contributed by atoms with Crippen molar-refractivity contribution in [1.82, 2.24) is 10.2 Å². The molecule has 0 saturated heterocycles. The minimum absolute atomic E-state index is 0.113. The largest absolute Gasteiger partial charge is 0.336 e. The number of hydrogen-bond acceptors (Lipinski definition) is 2. The van der Waals surface area contributed by atoms with Crippen molar-refractivity contribution in [3.8, 4) is 0 Å². The van der Waals surface area contributed by atoms with E-state index in [1.807, 2.05) is 50.2 Å². The fraction of sp³-hybridized carbons (Fsp3) is 0.278. The molecule has 0 saturated carbocycles. The third-order valence-corrected chi connectivity index (χ3v) is 4.62. The summed E-state index contributed by atoms with van der Waals surface area (Å²) >= 11 is 3.43. The van der Waals surface area contributed by atoms with E-state index in [1.54, 1.807) is 6.07 Å². The molecule has 0 spiro atoms. The lowest BCUT2D eigenvalue weighted by Gasteiger charge is -2.25. The molecule has 0 radical (unpaired) electrons. The molecular weight excluding hydrogens is 373 g/mol. The Morgan fingerprint density at radius 3 is 2.62 bits per heavy atom. The Kier molecular flexibility index (Phi) is 6.34. The molecule has 4 nitrogen and oxygen atoms in total. The molecule has 2 amide bonds. The van der Waals surface area contributed by atoms with Gasteiger partial charge >= 0.3 is 6.03 Å². The number of hydrogen-bond donors (Lipinski definition) is 2. The Labute approximate surface area is 150 Å². The second kappa shape index (κ2) is 8.26. The van der Waals surface area contributed by atoms with E-state index >= 15 is 0 Å². The number of carbonyl (C=O) groups excluding carboxylic acids is 1. The molecule has 24 heavy (non-hydrogen) atoms. The predicted octanol–water partition coefficient (Wildman–Crippen LogP) is 4.32. The van der Waals surface area contributed by atoms with Gasteiger partial charge in [0.25, 0.3) is 0 Å². The second-order valence-electron chi connectivity index (χ2n) is 5.83. The van der Waals surface area contributed by atoms with E-state index in [-0.39, 0.29) is 17.9 Å². The second-order valence-corrected chi connectivity index (χ2v) is 6.69. The zero-order valence-electron chi connectivity index (χ0n) is 13.9. The molecule has 0 fully saturated rings. The van der Waals surface area contributed by atoms with Crippen LogP contribution in [0.2, 0.25) is 0 Å². The third kappa shape index (κ3) is 5.04. The van der Waals surface area contributed by atoms with Crippen LogP contribution >= 0.6 is 15.9 Å². The van der Waals surface area contributed by atoms with Gasteiger partial charge in [-0.05, 0) is 62.5 Å². The highest BCUT2D eigenvalue weighted by molar-refractivity contribution is 9.10. The summed E-state index contributed by atoms with van der Waals surface area (Å²) in [5, 5.41) is 5.64. The van der Waals surface area contributed by atoms with Gasteiger partial charge in [0.05, 0.1) is 6.04 Å². The topological polar surface area (TPSA) is 44.4 Å². The SMILES string of the molecule is Cc1cc(NC(=O)NCC(c2cccc(F)c2)N(C)C)ccc1Br. The summed E-state index contributed by atoms with van der Waals surface area (Å²) in [7, 11) is 3.79. The van der Waals surface area contributed by atoms with E-state index in [0.29, 0.717) is 6.54 Å². The molecule has 0 aliphatic heterocycles. The van der Waals surface area contributed by atoms with E-state index < -0.39 is 0 Å². The number of halogens is 2. The van der Waals surface area contributed by atoms with Crippen molar-refractivity contribution in [3.05, 3.63) is 63.9 Å². The zero-order chi connectivity index (χ0) is 17.7. The average molecular weight is 394 g/mol. The fourth-order valence-corrected chi connectivity index (χ4v) is 2.65. The maximum absolute atomic E-state index is 13.4. The Morgan fingerprint density at radius 2 is 2.00 bits per heavy atom. The van der Waals surface area contributed by atoms with Crippen LogP contribution in [0.5, 0.6) is 0 Å². The maximum atomic E-state index is 13.4. The molecule has 0 bridgehead atoms. The highest BCUT2D eigenvalue weighted by atomic mass is 79.9.